The Hall–Kier alpha value is -3.20. The molecule has 1 aromatic heterocycles. The first kappa shape index (κ1) is 18.6. The van der Waals surface area contributed by atoms with Crippen LogP contribution < -0.4 is 18.9 Å². The lowest BCUT2D eigenvalue weighted by Gasteiger charge is -2.12. The molecule has 0 atom stereocenters. The molecule has 0 fully saturated rings. The van der Waals surface area contributed by atoms with Gasteiger partial charge in [-0.25, -0.2) is 13.1 Å². The number of aromatic nitrogens is 1. The quantitative estimate of drug-likeness (QED) is 0.661. The Morgan fingerprint density at radius 3 is 2.22 bits per heavy atom. The zero-order valence-corrected chi connectivity index (χ0v) is 15.7. The van der Waals surface area contributed by atoms with Crippen molar-refractivity contribution in [2.24, 2.45) is 0 Å². The highest BCUT2D eigenvalue weighted by atomic mass is 32.2. The highest BCUT2D eigenvalue weighted by Gasteiger charge is 2.24. The average molecular weight is 390 g/mol. The largest absolute Gasteiger partial charge is 0.497 e. The molecule has 2 aromatic carbocycles. The molecule has 8 nitrogen and oxygen atoms in total. The molecule has 0 saturated carbocycles. The number of hydrogen-bond acceptors (Lipinski definition) is 7. The van der Waals surface area contributed by atoms with Crippen LogP contribution >= 0.6 is 0 Å². The van der Waals surface area contributed by atoms with Gasteiger partial charge in [0.1, 0.15) is 22.1 Å². The van der Waals surface area contributed by atoms with E-state index in [1.807, 2.05) is 0 Å². The molecular formula is C18H18N2O6S. The fourth-order valence-corrected chi connectivity index (χ4v) is 3.65. The second-order valence-electron chi connectivity index (χ2n) is 5.42. The fourth-order valence-electron chi connectivity index (χ4n) is 2.46. The number of hydrogen-bond donors (Lipinski definition) is 1. The van der Waals surface area contributed by atoms with Crippen molar-refractivity contribution in [2.45, 2.75) is 4.90 Å². The van der Waals surface area contributed by atoms with Crippen molar-refractivity contribution in [2.75, 3.05) is 26.1 Å². The normalized spacial score (nSPS) is 11.1. The standard InChI is InChI=1S/C18H18N2O6S/c1-23-13-6-4-12(5-7-13)15-11-19-26-18(15)20-27(21,22)17-10-14(24-2)8-9-16(17)25-3/h4-11,20H,1-3H3. The van der Waals surface area contributed by atoms with Crippen LogP contribution in [-0.4, -0.2) is 34.9 Å². The van der Waals surface area contributed by atoms with Gasteiger partial charge in [0.25, 0.3) is 10.0 Å². The van der Waals surface area contributed by atoms with E-state index in [0.29, 0.717) is 22.6 Å². The van der Waals surface area contributed by atoms with E-state index in [0.717, 1.165) is 0 Å². The fraction of sp³-hybridized carbons (Fsp3) is 0.167. The Bertz CT molecular complexity index is 1030. The Kier molecular flexibility index (Phi) is 5.22. The first-order valence-corrected chi connectivity index (χ1v) is 9.30. The smallest absolute Gasteiger partial charge is 0.268 e. The molecule has 0 unspecified atom stereocenters. The minimum atomic E-state index is -4.02. The number of rotatable bonds is 7. The number of anilines is 1. The molecule has 0 spiro atoms. The van der Waals surface area contributed by atoms with Gasteiger partial charge in [0.2, 0.25) is 5.88 Å². The third kappa shape index (κ3) is 3.82. The lowest BCUT2D eigenvalue weighted by molar-refractivity contribution is 0.392. The summed E-state index contributed by atoms with van der Waals surface area (Å²) < 4.78 is 48.7. The molecule has 0 amide bonds. The second-order valence-corrected chi connectivity index (χ2v) is 7.07. The Morgan fingerprint density at radius 1 is 0.926 bits per heavy atom. The maximum Gasteiger partial charge on any atom is 0.268 e. The monoisotopic (exact) mass is 390 g/mol. The lowest BCUT2D eigenvalue weighted by atomic mass is 10.1. The molecule has 0 aliphatic rings. The predicted octanol–water partition coefficient (Wildman–Crippen LogP) is 3.17. The van der Waals surface area contributed by atoms with Crippen molar-refractivity contribution in [3.8, 4) is 28.4 Å². The average Bonchev–Trinajstić information content (AvgIpc) is 3.14. The Morgan fingerprint density at radius 2 is 1.59 bits per heavy atom. The zero-order chi connectivity index (χ0) is 19.4. The number of nitrogens with one attached hydrogen (secondary N) is 1. The molecule has 9 heteroatoms. The van der Waals surface area contributed by atoms with Crippen molar-refractivity contribution in [1.82, 2.24) is 5.16 Å². The van der Waals surface area contributed by atoms with Crippen molar-refractivity contribution in [3.05, 3.63) is 48.7 Å². The highest BCUT2D eigenvalue weighted by Crippen LogP contribution is 2.33. The van der Waals surface area contributed by atoms with Gasteiger partial charge < -0.3 is 18.7 Å². The molecule has 0 radical (unpaired) electrons. The molecule has 1 N–H and O–H groups in total. The number of ether oxygens (including phenoxy) is 3. The molecule has 27 heavy (non-hydrogen) atoms. The summed E-state index contributed by atoms with van der Waals surface area (Å²) in [4.78, 5) is -0.0820. The summed E-state index contributed by atoms with van der Waals surface area (Å²) in [6.45, 7) is 0. The number of benzene rings is 2. The first-order chi connectivity index (χ1) is 13.0. The van der Waals surface area contributed by atoms with Crippen LogP contribution in [0.5, 0.6) is 17.2 Å². The number of methoxy groups -OCH3 is 3. The third-order valence-corrected chi connectivity index (χ3v) is 5.21. The summed E-state index contributed by atoms with van der Waals surface area (Å²) in [5.74, 6) is 1.22. The van der Waals surface area contributed by atoms with Crippen molar-refractivity contribution < 1.29 is 27.2 Å². The summed E-state index contributed by atoms with van der Waals surface area (Å²) in [7, 11) is 0.385. The van der Waals surface area contributed by atoms with Crippen LogP contribution in [0, 0.1) is 0 Å². The van der Waals surface area contributed by atoms with E-state index in [4.69, 9.17) is 18.7 Å². The van der Waals surface area contributed by atoms with Crippen molar-refractivity contribution in [3.63, 3.8) is 0 Å². The summed E-state index contributed by atoms with van der Waals surface area (Å²) in [5, 5.41) is 3.71. The topological polar surface area (TPSA) is 99.9 Å². The Labute approximate surface area is 156 Å². The highest BCUT2D eigenvalue weighted by molar-refractivity contribution is 7.92. The molecule has 1 heterocycles. The van der Waals surface area contributed by atoms with Gasteiger partial charge in [-0.2, -0.15) is 0 Å². The molecular weight excluding hydrogens is 372 g/mol. The maximum absolute atomic E-state index is 12.9. The van der Waals surface area contributed by atoms with Gasteiger partial charge in [0.15, 0.2) is 0 Å². The van der Waals surface area contributed by atoms with Crippen LogP contribution in [0.4, 0.5) is 5.88 Å². The second kappa shape index (κ2) is 7.58. The lowest BCUT2D eigenvalue weighted by Crippen LogP contribution is -2.14. The summed E-state index contributed by atoms with van der Waals surface area (Å²) in [5.41, 5.74) is 1.20. The van der Waals surface area contributed by atoms with Crippen LogP contribution in [0.15, 0.2) is 58.1 Å². The molecule has 3 aromatic rings. The van der Waals surface area contributed by atoms with Gasteiger partial charge in [-0.05, 0) is 29.8 Å². The van der Waals surface area contributed by atoms with Crippen LogP contribution in [0.2, 0.25) is 0 Å². The molecule has 0 aliphatic heterocycles. The van der Waals surface area contributed by atoms with Crippen molar-refractivity contribution in [1.29, 1.82) is 0 Å². The number of sulfonamides is 1. The van der Waals surface area contributed by atoms with Crippen LogP contribution in [0.25, 0.3) is 11.1 Å². The number of nitrogens with zero attached hydrogens (tertiary/aromatic N) is 1. The van der Waals surface area contributed by atoms with Crippen LogP contribution in [0.1, 0.15) is 0 Å². The first-order valence-electron chi connectivity index (χ1n) is 7.82. The predicted molar refractivity (Wildman–Crippen MR) is 98.8 cm³/mol. The van der Waals surface area contributed by atoms with Gasteiger partial charge in [-0.15, -0.1) is 0 Å². The minimum Gasteiger partial charge on any atom is -0.497 e. The van der Waals surface area contributed by atoms with Crippen molar-refractivity contribution >= 4 is 15.9 Å². The molecule has 0 aliphatic carbocycles. The van der Waals surface area contributed by atoms with Crippen LogP contribution in [0.3, 0.4) is 0 Å². The molecule has 0 saturated heterocycles. The maximum atomic E-state index is 12.9. The van der Waals surface area contributed by atoms with E-state index in [9.17, 15) is 8.42 Å². The van der Waals surface area contributed by atoms with E-state index < -0.39 is 10.0 Å². The van der Waals surface area contributed by atoms with Crippen LogP contribution in [-0.2, 0) is 10.0 Å². The molecule has 3 rings (SSSR count). The van der Waals surface area contributed by atoms with Gasteiger partial charge in [-0.1, -0.05) is 17.3 Å². The summed E-state index contributed by atoms with van der Waals surface area (Å²) in [6.07, 6.45) is 1.43. The minimum absolute atomic E-state index is 0.00922. The molecule has 0 bridgehead atoms. The third-order valence-electron chi connectivity index (χ3n) is 3.86. The van der Waals surface area contributed by atoms with Gasteiger partial charge in [0, 0.05) is 6.07 Å². The van der Waals surface area contributed by atoms with E-state index in [2.05, 4.69) is 9.88 Å². The summed E-state index contributed by atoms with van der Waals surface area (Å²) in [6, 6.07) is 11.5. The molecule has 142 valence electrons. The van der Waals surface area contributed by atoms with E-state index in [1.165, 1.54) is 32.5 Å². The van der Waals surface area contributed by atoms with Gasteiger partial charge in [-0.3, -0.25) is 0 Å². The summed E-state index contributed by atoms with van der Waals surface area (Å²) >= 11 is 0. The Balaban J connectivity index is 1.97. The van der Waals surface area contributed by atoms with Gasteiger partial charge >= 0.3 is 0 Å². The van der Waals surface area contributed by atoms with Gasteiger partial charge in [0.05, 0.1) is 33.1 Å². The SMILES string of the molecule is COc1ccc(-c2cnoc2NS(=O)(=O)c2cc(OC)ccc2OC)cc1. The van der Waals surface area contributed by atoms with E-state index in [-0.39, 0.29) is 16.5 Å². The zero-order valence-electron chi connectivity index (χ0n) is 14.9. The van der Waals surface area contributed by atoms with E-state index >= 15 is 0 Å². The van der Waals surface area contributed by atoms with E-state index in [1.54, 1.807) is 37.4 Å².